The van der Waals surface area contributed by atoms with Crippen molar-refractivity contribution in [2.24, 2.45) is 0 Å². The Morgan fingerprint density at radius 2 is 2.04 bits per heavy atom. The molecule has 0 saturated heterocycles. The summed E-state index contributed by atoms with van der Waals surface area (Å²) >= 11 is 7.11. The van der Waals surface area contributed by atoms with Crippen LogP contribution < -0.4 is 5.32 Å². The number of amides is 1. The van der Waals surface area contributed by atoms with Gasteiger partial charge in [0.1, 0.15) is 0 Å². The van der Waals surface area contributed by atoms with E-state index in [9.17, 15) is 4.79 Å². The van der Waals surface area contributed by atoms with Crippen LogP contribution >= 0.6 is 22.9 Å². The summed E-state index contributed by atoms with van der Waals surface area (Å²) in [4.78, 5) is 12.5. The zero-order valence-electron chi connectivity index (χ0n) is 11.4. The summed E-state index contributed by atoms with van der Waals surface area (Å²) in [7, 11) is 0. The summed E-state index contributed by atoms with van der Waals surface area (Å²) in [6.45, 7) is 0. The number of carbonyl (C=O) groups excluding carboxylic acids is 1. The largest absolute Gasteiger partial charge is 0.459 e. The average molecular weight is 346 g/mol. The monoisotopic (exact) mass is 345 g/mol. The molecule has 23 heavy (non-hydrogen) atoms. The number of benzene rings is 1. The minimum Gasteiger partial charge on any atom is -0.459 e. The third-order valence-corrected chi connectivity index (χ3v) is 4.12. The van der Waals surface area contributed by atoms with Crippen LogP contribution in [0.15, 0.2) is 47.1 Å². The SMILES string of the molecule is O=C(Nc1nn2c(-c3ccc(Cl)cc3)nnc2s1)c1ccco1. The second kappa shape index (κ2) is 5.49. The number of nitrogens with zero attached hydrogens (tertiary/aromatic N) is 4. The Morgan fingerprint density at radius 1 is 1.22 bits per heavy atom. The lowest BCUT2D eigenvalue weighted by Gasteiger charge is -1.98. The maximum absolute atomic E-state index is 12.0. The van der Waals surface area contributed by atoms with Crippen molar-refractivity contribution < 1.29 is 9.21 Å². The first-order valence-corrected chi connectivity index (χ1v) is 7.73. The highest BCUT2D eigenvalue weighted by atomic mass is 35.5. The van der Waals surface area contributed by atoms with Crippen molar-refractivity contribution in [3.8, 4) is 11.4 Å². The van der Waals surface area contributed by atoms with Gasteiger partial charge in [-0.05, 0) is 36.4 Å². The molecule has 4 rings (SSSR count). The van der Waals surface area contributed by atoms with Gasteiger partial charge in [-0.3, -0.25) is 10.1 Å². The van der Waals surface area contributed by atoms with Gasteiger partial charge >= 0.3 is 0 Å². The highest BCUT2D eigenvalue weighted by molar-refractivity contribution is 7.20. The summed E-state index contributed by atoms with van der Waals surface area (Å²) in [5, 5.41) is 16.2. The third kappa shape index (κ3) is 2.58. The van der Waals surface area contributed by atoms with E-state index in [2.05, 4.69) is 20.6 Å². The highest BCUT2D eigenvalue weighted by Gasteiger charge is 2.16. The quantitative estimate of drug-likeness (QED) is 0.615. The molecule has 0 bridgehead atoms. The summed E-state index contributed by atoms with van der Waals surface area (Å²) < 4.78 is 6.62. The van der Waals surface area contributed by atoms with E-state index in [0.29, 0.717) is 20.9 Å². The first-order valence-electron chi connectivity index (χ1n) is 6.54. The Hall–Kier alpha value is -2.71. The first kappa shape index (κ1) is 13.9. The molecular formula is C14H8ClN5O2S. The topological polar surface area (TPSA) is 85.3 Å². The highest BCUT2D eigenvalue weighted by Crippen LogP contribution is 2.25. The van der Waals surface area contributed by atoms with Gasteiger partial charge in [0.25, 0.3) is 5.91 Å². The molecule has 0 fully saturated rings. The number of carbonyl (C=O) groups is 1. The Balaban J connectivity index is 1.66. The molecular weight excluding hydrogens is 338 g/mol. The molecule has 9 heteroatoms. The van der Waals surface area contributed by atoms with E-state index in [4.69, 9.17) is 16.0 Å². The van der Waals surface area contributed by atoms with Gasteiger partial charge < -0.3 is 4.42 Å². The molecule has 0 saturated carbocycles. The molecule has 114 valence electrons. The van der Waals surface area contributed by atoms with Crippen molar-refractivity contribution in [1.82, 2.24) is 19.8 Å². The standard InChI is InChI=1S/C14H8ClN5O2S/c15-9-5-3-8(4-6-9)11-17-18-14-20(11)19-13(23-14)16-12(21)10-2-1-7-22-10/h1-7H,(H,16,19,21). The molecule has 3 heterocycles. The zero-order chi connectivity index (χ0) is 15.8. The molecule has 0 aliphatic rings. The van der Waals surface area contributed by atoms with Crippen molar-refractivity contribution in [1.29, 1.82) is 0 Å². The summed E-state index contributed by atoms with van der Waals surface area (Å²) in [5.41, 5.74) is 0.830. The number of hydrogen-bond donors (Lipinski definition) is 1. The van der Waals surface area contributed by atoms with Crippen LogP contribution in [0.4, 0.5) is 5.13 Å². The van der Waals surface area contributed by atoms with Crippen molar-refractivity contribution in [3.05, 3.63) is 53.4 Å². The van der Waals surface area contributed by atoms with E-state index in [1.54, 1.807) is 28.8 Å². The van der Waals surface area contributed by atoms with Gasteiger partial charge in [0.15, 0.2) is 11.6 Å². The minimum atomic E-state index is -0.368. The lowest BCUT2D eigenvalue weighted by Crippen LogP contribution is -2.10. The van der Waals surface area contributed by atoms with E-state index in [1.165, 1.54) is 17.6 Å². The second-order valence-corrected chi connectivity index (χ2v) is 5.96. The Kier molecular flexibility index (Phi) is 3.32. The Bertz CT molecular complexity index is 975. The van der Waals surface area contributed by atoms with E-state index in [0.717, 1.165) is 5.56 Å². The average Bonchev–Trinajstić information content (AvgIpc) is 3.24. The van der Waals surface area contributed by atoms with Gasteiger partial charge in [0.05, 0.1) is 6.26 Å². The number of furan rings is 1. The number of halogens is 1. The Labute approximate surface area is 138 Å². The smallest absolute Gasteiger partial charge is 0.293 e. The fourth-order valence-electron chi connectivity index (χ4n) is 2.01. The van der Waals surface area contributed by atoms with Crippen LogP contribution in [0.2, 0.25) is 5.02 Å². The summed E-state index contributed by atoms with van der Waals surface area (Å²) in [6.07, 6.45) is 1.44. The maximum Gasteiger partial charge on any atom is 0.293 e. The molecule has 0 atom stereocenters. The molecule has 3 aromatic heterocycles. The molecule has 4 aromatic rings. The normalized spacial score (nSPS) is 11.0. The van der Waals surface area contributed by atoms with Gasteiger partial charge in [-0.1, -0.05) is 22.9 Å². The number of hydrogen-bond acceptors (Lipinski definition) is 6. The van der Waals surface area contributed by atoms with Gasteiger partial charge in [-0.15, -0.1) is 15.3 Å². The van der Waals surface area contributed by atoms with Gasteiger partial charge in [-0.2, -0.15) is 4.52 Å². The van der Waals surface area contributed by atoms with Crippen LogP contribution in [0.3, 0.4) is 0 Å². The first-order chi connectivity index (χ1) is 11.2. The number of nitrogens with one attached hydrogen (secondary N) is 1. The molecule has 1 aromatic carbocycles. The van der Waals surface area contributed by atoms with E-state index in [-0.39, 0.29) is 11.7 Å². The summed E-state index contributed by atoms with van der Waals surface area (Å²) in [5.74, 6) is 0.424. The Morgan fingerprint density at radius 3 is 2.78 bits per heavy atom. The van der Waals surface area contributed by atoms with Crippen LogP contribution in [0, 0.1) is 0 Å². The molecule has 1 amide bonds. The van der Waals surface area contributed by atoms with Crippen molar-refractivity contribution in [2.75, 3.05) is 5.32 Å². The minimum absolute atomic E-state index is 0.217. The molecule has 7 nitrogen and oxygen atoms in total. The van der Waals surface area contributed by atoms with Crippen molar-refractivity contribution in [2.45, 2.75) is 0 Å². The van der Waals surface area contributed by atoms with Crippen LogP contribution in [0.25, 0.3) is 16.3 Å². The van der Waals surface area contributed by atoms with Crippen LogP contribution in [0.5, 0.6) is 0 Å². The lowest BCUT2D eigenvalue weighted by molar-refractivity contribution is 0.0996. The van der Waals surface area contributed by atoms with Crippen LogP contribution in [-0.4, -0.2) is 25.7 Å². The predicted octanol–water partition coefficient (Wildman–Crippen LogP) is 3.35. The van der Waals surface area contributed by atoms with Crippen molar-refractivity contribution >= 4 is 38.9 Å². The fourth-order valence-corrected chi connectivity index (χ4v) is 2.87. The van der Waals surface area contributed by atoms with Crippen molar-refractivity contribution in [3.63, 3.8) is 0 Å². The summed E-state index contributed by atoms with van der Waals surface area (Å²) in [6, 6.07) is 10.4. The second-order valence-electron chi connectivity index (χ2n) is 4.56. The van der Waals surface area contributed by atoms with E-state index in [1.807, 2.05) is 12.1 Å². The van der Waals surface area contributed by atoms with Gasteiger partial charge in [-0.25, -0.2) is 0 Å². The number of anilines is 1. The predicted molar refractivity (Wildman–Crippen MR) is 85.8 cm³/mol. The number of fused-ring (bicyclic) bond motifs is 1. The van der Waals surface area contributed by atoms with E-state index >= 15 is 0 Å². The van der Waals surface area contributed by atoms with Crippen LogP contribution in [0.1, 0.15) is 10.6 Å². The number of rotatable bonds is 3. The molecule has 0 radical (unpaired) electrons. The van der Waals surface area contributed by atoms with E-state index < -0.39 is 0 Å². The molecule has 0 unspecified atom stereocenters. The maximum atomic E-state index is 12.0. The van der Waals surface area contributed by atoms with Gasteiger partial charge in [0, 0.05) is 10.6 Å². The van der Waals surface area contributed by atoms with Gasteiger partial charge in [0.2, 0.25) is 10.1 Å². The zero-order valence-corrected chi connectivity index (χ0v) is 13.0. The van der Waals surface area contributed by atoms with Crippen LogP contribution in [-0.2, 0) is 0 Å². The number of aromatic nitrogens is 4. The fraction of sp³-hybridized carbons (Fsp3) is 0. The molecule has 0 spiro atoms. The molecule has 1 N–H and O–H groups in total. The molecule has 0 aliphatic heterocycles. The lowest BCUT2D eigenvalue weighted by atomic mass is 10.2. The third-order valence-electron chi connectivity index (χ3n) is 3.06. The molecule has 0 aliphatic carbocycles.